The predicted octanol–water partition coefficient (Wildman–Crippen LogP) is 1.54. The maximum atomic E-state index is 6.99. The second-order valence-corrected chi connectivity index (χ2v) is 3.14. The summed E-state index contributed by atoms with van der Waals surface area (Å²) in [5.41, 5.74) is 5.70. The van der Waals surface area contributed by atoms with Crippen LogP contribution in [-0.2, 0) is 0 Å². The molecule has 1 rings (SSSR count). The molecule has 0 saturated heterocycles. The number of rotatable bonds is 2. The summed E-state index contributed by atoms with van der Waals surface area (Å²) in [6, 6.07) is 0.0281. The number of nitrogens with two attached hydrogens (primary N) is 1. The van der Waals surface area contributed by atoms with Crippen molar-refractivity contribution in [2.75, 3.05) is 0 Å². The van der Waals surface area contributed by atoms with Crippen LogP contribution in [0.2, 0.25) is 0 Å². The van der Waals surface area contributed by atoms with Crippen LogP contribution in [0.5, 0.6) is 0 Å². The van der Waals surface area contributed by atoms with Crippen molar-refractivity contribution in [2.24, 2.45) is 11.7 Å². The van der Waals surface area contributed by atoms with E-state index in [1.807, 2.05) is 0 Å². The second kappa shape index (κ2) is 3.71. The molecule has 0 spiro atoms. The van der Waals surface area contributed by atoms with Crippen LogP contribution >= 0.6 is 0 Å². The lowest BCUT2D eigenvalue weighted by atomic mass is 9.85. The molecule has 0 amide bonds. The van der Waals surface area contributed by atoms with Crippen LogP contribution in [0.15, 0.2) is 0 Å². The Bertz CT molecular complexity index is 106. The van der Waals surface area contributed by atoms with E-state index in [-0.39, 0.29) is 6.04 Å². The Morgan fingerprint density at radius 2 is 1.90 bits per heavy atom. The molecule has 1 unspecified atom stereocenters. The quantitative estimate of drug-likeness (QED) is 0.562. The minimum atomic E-state index is 0.0281. The summed E-state index contributed by atoms with van der Waals surface area (Å²) < 4.78 is 0. The monoisotopic (exact) mass is 140 g/mol. The van der Waals surface area contributed by atoms with Crippen molar-refractivity contribution < 1.29 is 0 Å². The fraction of sp³-hybridized carbons (Fsp3) is 0.875. The largest absolute Gasteiger partial charge is 0.323 e. The summed E-state index contributed by atoms with van der Waals surface area (Å²) in [5, 5.41) is 6.99. The van der Waals surface area contributed by atoms with Crippen molar-refractivity contribution >= 4 is 6.21 Å². The van der Waals surface area contributed by atoms with Crippen molar-refractivity contribution in [1.82, 2.24) is 0 Å². The Hall–Kier alpha value is -0.370. The van der Waals surface area contributed by atoms with Gasteiger partial charge in [0.15, 0.2) is 0 Å². The first-order valence-corrected chi connectivity index (χ1v) is 4.11. The fourth-order valence-corrected chi connectivity index (χ4v) is 1.66. The second-order valence-electron chi connectivity index (χ2n) is 3.14. The van der Waals surface area contributed by atoms with Gasteiger partial charge in [0, 0.05) is 12.3 Å². The number of nitrogens with one attached hydrogen (secondary N) is 1. The molecule has 2 heteroatoms. The normalized spacial score (nSPS) is 24.1. The van der Waals surface area contributed by atoms with Gasteiger partial charge < -0.3 is 11.1 Å². The van der Waals surface area contributed by atoms with E-state index in [1.165, 1.54) is 38.3 Å². The molecule has 1 aliphatic rings. The lowest BCUT2D eigenvalue weighted by Gasteiger charge is -2.24. The molecule has 0 bridgehead atoms. The topological polar surface area (TPSA) is 49.9 Å². The zero-order valence-electron chi connectivity index (χ0n) is 6.34. The van der Waals surface area contributed by atoms with Gasteiger partial charge in [-0.25, -0.2) is 0 Å². The minimum Gasteiger partial charge on any atom is -0.323 e. The number of hydrogen-bond acceptors (Lipinski definition) is 2. The molecule has 1 saturated carbocycles. The molecule has 0 aromatic heterocycles. The van der Waals surface area contributed by atoms with Crippen LogP contribution in [0.25, 0.3) is 0 Å². The molecule has 0 aromatic rings. The molecular weight excluding hydrogens is 124 g/mol. The van der Waals surface area contributed by atoms with Crippen LogP contribution in [-0.4, -0.2) is 12.3 Å². The Labute approximate surface area is 62.3 Å². The van der Waals surface area contributed by atoms with Gasteiger partial charge in [-0.1, -0.05) is 19.3 Å². The summed E-state index contributed by atoms with van der Waals surface area (Å²) in [4.78, 5) is 0. The Morgan fingerprint density at radius 1 is 1.30 bits per heavy atom. The molecule has 1 aliphatic carbocycles. The van der Waals surface area contributed by atoms with E-state index in [4.69, 9.17) is 11.1 Å². The van der Waals surface area contributed by atoms with Crippen LogP contribution in [0.4, 0.5) is 0 Å². The van der Waals surface area contributed by atoms with E-state index in [0.717, 1.165) is 0 Å². The van der Waals surface area contributed by atoms with Crippen molar-refractivity contribution in [3.8, 4) is 0 Å². The fourth-order valence-electron chi connectivity index (χ4n) is 1.66. The molecule has 10 heavy (non-hydrogen) atoms. The first-order chi connectivity index (χ1) is 4.84. The van der Waals surface area contributed by atoms with Crippen molar-refractivity contribution in [2.45, 2.75) is 38.1 Å². The van der Waals surface area contributed by atoms with E-state index >= 15 is 0 Å². The van der Waals surface area contributed by atoms with Gasteiger partial charge in [-0.2, -0.15) is 0 Å². The molecule has 1 fully saturated rings. The Balaban J connectivity index is 2.30. The molecule has 0 heterocycles. The zero-order chi connectivity index (χ0) is 7.40. The third kappa shape index (κ3) is 1.81. The van der Waals surface area contributed by atoms with Crippen LogP contribution in [0.1, 0.15) is 32.1 Å². The third-order valence-electron chi connectivity index (χ3n) is 2.39. The average Bonchev–Trinajstić information content (AvgIpc) is 2.05. The van der Waals surface area contributed by atoms with Gasteiger partial charge in [0.2, 0.25) is 0 Å². The van der Waals surface area contributed by atoms with Gasteiger partial charge in [0.05, 0.1) is 0 Å². The Morgan fingerprint density at radius 3 is 2.40 bits per heavy atom. The van der Waals surface area contributed by atoms with Crippen LogP contribution in [0, 0.1) is 11.3 Å². The molecule has 3 N–H and O–H groups in total. The summed E-state index contributed by atoms with van der Waals surface area (Å²) in [5.74, 6) is 0.603. The summed E-state index contributed by atoms with van der Waals surface area (Å²) >= 11 is 0. The van der Waals surface area contributed by atoms with Crippen LogP contribution in [0.3, 0.4) is 0 Å². The van der Waals surface area contributed by atoms with Gasteiger partial charge >= 0.3 is 0 Å². The molecule has 0 radical (unpaired) electrons. The highest BCUT2D eigenvalue weighted by molar-refractivity contribution is 5.60. The van der Waals surface area contributed by atoms with Gasteiger partial charge in [-0.05, 0) is 18.8 Å². The highest BCUT2D eigenvalue weighted by Crippen LogP contribution is 2.24. The maximum Gasteiger partial charge on any atom is 0.0421 e. The molecule has 2 nitrogen and oxygen atoms in total. The number of hydrogen-bond donors (Lipinski definition) is 2. The summed E-state index contributed by atoms with van der Waals surface area (Å²) in [6.07, 6.45) is 7.84. The van der Waals surface area contributed by atoms with E-state index < -0.39 is 0 Å². The summed E-state index contributed by atoms with van der Waals surface area (Å²) in [7, 11) is 0. The van der Waals surface area contributed by atoms with E-state index in [1.54, 1.807) is 0 Å². The lowest BCUT2D eigenvalue weighted by molar-refractivity contribution is 0.343. The molecule has 0 aliphatic heterocycles. The Kier molecular flexibility index (Phi) is 2.87. The molecule has 1 atom stereocenters. The highest BCUT2D eigenvalue weighted by atomic mass is 14.7. The van der Waals surface area contributed by atoms with Gasteiger partial charge in [0.25, 0.3) is 0 Å². The van der Waals surface area contributed by atoms with E-state index in [0.29, 0.717) is 5.92 Å². The van der Waals surface area contributed by atoms with E-state index in [2.05, 4.69) is 0 Å². The molecular formula is C8H16N2. The standard InChI is InChI=1S/C8H16N2/c9-6-8(10)7-4-2-1-3-5-7/h6-9H,1-5,10H2. The SMILES string of the molecule is N=CC(N)C1CCCCC1. The minimum absolute atomic E-state index is 0.0281. The maximum absolute atomic E-state index is 6.99. The van der Waals surface area contributed by atoms with Crippen molar-refractivity contribution in [3.05, 3.63) is 0 Å². The van der Waals surface area contributed by atoms with Crippen molar-refractivity contribution in [3.63, 3.8) is 0 Å². The predicted molar refractivity (Wildman–Crippen MR) is 43.3 cm³/mol. The average molecular weight is 140 g/mol. The zero-order valence-corrected chi connectivity index (χ0v) is 6.34. The molecule has 0 aromatic carbocycles. The lowest BCUT2D eigenvalue weighted by Crippen LogP contribution is -2.32. The molecule has 58 valence electrons. The van der Waals surface area contributed by atoms with Gasteiger partial charge in [-0.3, -0.25) is 0 Å². The third-order valence-corrected chi connectivity index (χ3v) is 2.39. The van der Waals surface area contributed by atoms with Crippen molar-refractivity contribution in [1.29, 1.82) is 5.41 Å². The highest BCUT2D eigenvalue weighted by Gasteiger charge is 2.17. The first-order valence-electron chi connectivity index (χ1n) is 4.11. The van der Waals surface area contributed by atoms with E-state index in [9.17, 15) is 0 Å². The smallest absolute Gasteiger partial charge is 0.0421 e. The van der Waals surface area contributed by atoms with Gasteiger partial charge in [0.1, 0.15) is 0 Å². The van der Waals surface area contributed by atoms with Gasteiger partial charge in [-0.15, -0.1) is 0 Å². The summed E-state index contributed by atoms with van der Waals surface area (Å²) in [6.45, 7) is 0. The first kappa shape index (κ1) is 7.73. The van der Waals surface area contributed by atoms with Crippen LogP contribution < -0.4 is 5.73 Å².